The molecule has 220 valence electrons. The fourth-order valence-electron chi connectivity index (χ4n) is 8.84. The number of carbonyl (C=O) groups excluding carboxylic acids is 2. The standard InChI is InChI=1S/C30H36IN3O7/c1-17-9-11-29-14-22(35)25(37)30(29,40)28(17,3)23(41-24(36)15-31)13-21(18(29)2)19-10-12-32-26(38)34(27(39)33(32)16-19)20-7-5-4-6-8-20/h4-8,10,17-18,21-23,35,40H,9,11-16H2,1-3H3/t17-,18+,21-,22+,23-,28+,29+,30-/m1/s1. The Morgan fingerprint density at radius 2 is 1.80 bits per heavy atom. The number of halogens is 1. The number of ketones is 1. The monoisotopic (exact) mass is 677 g/mol. The van der Waals surface area contributed by atoms with Crippen molar-refractivity contribution in [2.24, 2.45) is 28.6 Å². The van der Waals surface area contributed by atoms with Gasteiger partial charge in [0.15, 0.2) is 5.78 Å². The molecule has 1 aliphatic heterocycles. The Kier molecular flexibility index (Phi) is 6.81. The molecule has 0 amide bonds. The van der Waals surface area contributed by atoms with Gasteiger partial charge in [-0.2, -0.15) is 0 Å². The zero-order chi connectivity index (χ0) is 29.5. The molecule has 0 unspecified atom stereocenters. The fraction of sp³-hybridized carbons (Fsp3) is 0.600. The van der Waals surface area contributed by atoms with Gasteiger partial charge in [-0.1, -0.05) is 67.6 Å². The summed E-state index contributed by atoms with van der Waals surface area (Å²) in [6, 6.07) is 8.79. The highest BCUT2D eigenvalue weighted by Crippen LogP contribution is 2.70. The first-order valence-electron chi connectivity index (χ1n) is 14.3. The number of carbonyl (C=O) groups is 2. The Labute approximate surface area is 251 Å². The van der Waals surface area contributed by atoms with Crippen LogP contribution in [0.2, 0.25) is 0 Å². The van der Waals surface area contributed by atoms with Crippen molar-refractivity contribution in [1.82, 2.24) is 13.9 Å². The van der Waals surface area contributed by atoms with E-state index in [1.807, 2.05) is 55.5 Å². The number of nitrogens with zero attached hydrogens (tertiary/aromatic N) is 3. The Balaban J connectivity index is 1.47. The molecule has 0 saturated heterocycles. The number of hydrogen-bond donors (Lipinski definition) is 2. The quantitative estimate of drug-likeness (QED) is 0.220. The molecule has 3 saturated carbocycles. The third-order valence-corrected chi connectivity index (χ3v) is 11.8. The van der Waals surface area contributed by atoms with Crippen molar-refractivity contribution >= 4 is 34.3 Å². The number of hydrogen-bond acceptors (Lipinski definition) is 7. The van der Waals surface area contributed by atoms with Crippen LogP contribution in [-0.4, -0.2) is 58.1 Å². The molecule has 3 aliphatic carbocycles. The number of benzene rings is 1. The summed E-state index contributed by atoms with van der Waals surface area (Å²) in [5.74, 6) is -1.71. The van der Waals surface area contributed by atoms with Crippen LogP contribution in [0.5, 0.6) is 0 Å². The van der Waals surface area contributed by atoms with Crippen LogP contribution in [0, 0.1) is 28.6 Å². The molecule has 0 spiro atoms. The molecule has 11 heteroatoms. The maximum atomic E-state index is 13.7. The number of Topliss-reactive ketones (excluding diaryl/α,β-unsaturated/α-hetero) is 1. The van der Waals surface area contributed by atoms with Gasteiger partial charge in [-0.05, 0) is 61.1 Å². The summed E-state index contributed by atoms with van der Waals surface area (Å²) in [6.07, 6.45) is 1.63. The van der Waals surface area contributed by atoms with Crippen LogP contribution < -0.4 is 11.4 Å². The molecule has 8 atom stereocenters. The second-order valence-electron chi connectivity index (χ2n) is 12.6. The lowest BCUT2D eigenvalue weighted by Gasteiger charge is -2.60. The van der Waals surface area contributed by atoms with E-state index in [0.29, 0.717) is 24.9 Å². The number of para-hydroxylation sites is 1. The van der Waals surface area contributed by atoms with Gasteiger partial charge in [0.25, 0.3) is 0 Å². The molecule has 2 aromatic rings. The Morgan fingerprint density at radius 3 is 2.49 bits per heavy atom. The number of esters is 1. The molecule has 6 rings (SSSR count). The first kappa shape index (κ1) is 28.6. The number of alkyl halides is 1. The minimum absolute atomic E-state index is 0.121. The van der Waals surface area contributed by atoms with Gasteiger partial charge in [0.05, 0.1) is 23.2 Å². The number of aliphatic hydroxyl groups excluding tert-OH is 1. The third-order valence-electron chi connectivity index (χ3n) is 11.2. The molecule has 0 radical (unpaired) electrons. The lowest BCUT2D eigenvalue weighted by atomic mass is 9.46. The van der Waals surface area contributed by atoms with Gasteiger partial charge < -0.3 is 14.9 Å². The summed E-state index contributed by atoms with van der Waals surface area (Å²) in [7, 11) is 0. The number of rotatable bonds is 4. The Bertz CT molecular complexity index is 1560. The molecule has 10 nitrogen and oxygen atoms in total. The van der Waals surface area contributed by atoms with E-state index in [2.05, 4.69) is 0 Å². The highest BCUT2D eigenvalue weighted by molar-refractivity contribution is 14.1. The van der Waals surface area contributed by atoms with Gasteiger partial charge in [0, 0.05) is 10.8 Å². The maximum absolute atomic E-state index is 13.7. The summed E-state index contributed by atoms with van der Waals surface area (Å²) in [6.45, 7) is 6.20. The molecule has 2 N–H and O–H groups in total. The molecule has 2 heterocycles. The molecular weight excluding hydrogens is 641 g/mol. The molecule has 1 aromatic carbocycles. The first-order chi connectivity index (χ1) is 19.4. The van der Waals surface area contributed by atoms with E-state index in [-0.39, 0.29) is 41.7 Å². The molecule has 4 aliphatic rings. The van der Waals surface area contributed by atoms with E-state index < -0.39 is 51.8 Å². The SMILES string of the molecule is C[C@@H]1CC[C@@]23C[C@H](O)C(=O)[C@@]2(O)[C@]1(C)[C@H](OC(=O)CI)C[C@@H](C1=CCn2c(=O)n(-c4ccccc4)c(=O)n2C1)[C@@H]3C. The van der Waals surface area contributed by atoms with Crippen LogP contribution in [-0.2, 0) is 27.4 Å². The predicted molar refractivity (Wildman–Crippen MR) is 158 cm³/mol. The van der Waals surface area contributed by atoms with E-state index >= 15 is 0 Å². The van der Waals surface area contributed by atoms with Crippen molar-refractivity contribution in [2.45, 2.75) is 77.4 Å². The van der Waals surface area contributed by atoms with Gasteiger partial charge in [0.1, 0.15) is 17.8 Å². The minimum atomic E-state index is -1.88. The second-order valence-corrected chi connectivity index (χ2v) is 13.3. The van der Waals surface area contributed by atoms with Crippen LogP contribution in [0.15, 0.2) is 51.6 Å². The van der Waals surface area contributed by atoms with E-state index in [0.717, 1.165) is 10.1 Å². The van der Waals surface area contributed by atoms with Crippen LogP contribution >= 0.6 is 22.6 Å². The summed E-state index contributed by atoms with van der Waals surface area (Å²) in [4.78, 5) is 53.3. The fourth-order valence-corrected chi connectivity index (χ4v) is 9.01. The van der Waals surface area contributed by atoms with Crippen molar-refractivity contribution in [3.05, 3.63) is 62.9 Å². The highest BCUT2D eigenvalue weighted by atomic mass is 127. The number of fused-ring (bicyclic) bond motifs is 1. The predicted octanol–water partition coefficient (Wildman–Crippen LogP) is 2.23. The van der Waals surface area contributed by atoms with Crippen molar-refractivity contribution in [3.8, 4) is 5.69 Å². The van der Waals surface area contributed by atoms with Crippen LogP contribution in [0.1, 0.15) is 46.5 Å². The van der Waals surface area contributed by atoms with Crippen LogP contribution in [0.3, 0.4) is 0 Å². The van der Waals surface area contributed by atoms with E-state index in [9.17, 15) is 29.4 Å². The molecule has 41 heavy (non-hydrogen) atoms. The van der Waals surface area contributed by atoms with E-state index in [4.69, 9.17) is 4.74 Å². The van der Waals surface area contributed by atoms with Crippen molar-refractivity contribution in [3.63, 3.8) is 0 Å². The van der Waals surface area contributed by atoms with Gasteiger partial charge in [-0.15, -0.1) is 0 Å². The number of aromatic nitrogens is 3. The molecule has 1 aromatic heterocycles. The maximum Gasteiger partial charge on any atom is 0.352 e. The zero-order valence-corrected chi connectivity index (χ0v) is 25.6. The smallest absolute Gasteiger partial charge is 0.352 e. The second kappa shape index (κ2) is 9.77. The van der Waals surface area contributed by atoms with Crippen LogP contribution in [0.4, 0.5) is 0 Å². The van der Waals surface area contributed by atoms with E-state index in [1.54, 1.807) is 24.3 Å². The van der Waals surface area contributed by atoms with Crippen molar-refractivity contribution in [1.29, 1.82) is 0 Å². The summed E-state index contributed by atoms with van der Waals surface area (Å²) < 4.78 is 10.2. The topological polar surface area (TPSA) is 133 Å². The average molecular weight is 678 g/mol. The summed E-state index contributed by atoms with van der Waals surface area (Å²) in [5.41, 5.74) is -3.41. The van der Waals surface area contributed by atoms with Gasteiger partial charge >= 0.3 is 17.3 Å². The summed E-state index contributed by atoms with van der Waals surface area (Å²) >= 11 is 1.95. The minimum Gasteiger partial charge on any atom is -0.461 e. The average Bonchev–Trinajstić information content (AvgIpc) is 3.34. The molecule has 3 fully saturated rings. The number of ether oxygens (including phenoxy) is 1. The van der Waals surface area contributed by atoms with E-state index in [1.165, 1.54) is 9.36 Å². The molecular formula is C30H36IN3O7. The van der Waals surface area contributed by atoms with Crippen LogP contribution in [0.25, 0.3) is 5.69 Å². The zero-order valence-electron chi connectivity index (χ0n) is 23.5. The van der Waals surface area contributed by atoms with Gasteiger partial charge in [-0.3, -0.25) is 9.59 Å². The lowest BCUT2D eigenvalue weighted by molar-refractivity contribution is -0.234. The number of aliphatic hydroxyl groups is 2. The van der Waals surface area contributed by atoms with Gasteiger partial charge in [-0.25, -0.2) is 23.5 Å². The highest BCUT2D eigenvalue weighted by Gasteiger charge is 2.78. The Hall–Kier alpha value is -2.51. The van der Waals surface area contributed by atoms with Crippen molar-refractivity contribution < 1.29 is 24.5 Å². The summed E-state index contributed by atoms with van der Waals surface area (Å²) in [5, 5.41) is 23.6. The lowest BCUT2D eigenvalue weighted by Crippen LogP contribution is -2.69. The Morgan fingerprint density at radius 1 is 1.12 bits per heavy atom. The third kappa shape index (κ3) is 3.67. The molecule has 2 bridgehead atoms. The largest absolute Gasteiger partial charge is 0.461 e. The number of allylic oxidation sites excluding steroid dienone is 2. The first-order valence-corrected chi connectivity index (χ1v) is 15.8. The van der Waals surface area contributed by atoms with Gasteiger partial charge in [0.2, 0.25) is 0 Å². The van der Waals surface area contributed by atoms with Crippen molar-refractivity contribution in [2.75, 3.05) is 4.43 Å². The normalized spacial score (nSPS) is 38.0.